The number of benzene rings is 1. The highest BCUT2D eigenvalue weighted by molar-refractivity contribution is 5.85. The SMILES string of the molecule is COc1ccc(CN2C[C@H]3CNC[C@H]3C2)cc1OC(F)F.Cl. The zero-order valence-electron chi connectivity index (χ0n) is 12.4. The number of ether oxygens (including phenoxy) is 2. The summed E-state index contributed by atoms with van der Waals surface area (Å²) in [6.45, 7) is 2.22. The minimum absolute atomic E-state index is 0. The lowest BCUT2D eigenvalue weighted by atomic mass is 10.0. The van der Waals surface area contributed by atoms with Gasteiger partial charge in [0.1, 0.15) is 0 Å². The number of hydrogen-bond donors (Lipinski definition) is 1. The normalized spacial score (nSPS) is 24.2. The van der Waals surface area contributed by atoms with Gasteiger partial charge in [0.25, 0.3) is 0 Å². The first-order valence-corrected chi connectivity index (χ1v) is 7.20. The van der Waals surface area contributed by atoms with E-state index in [9.17, 15) is 8.78 Å². The topological polar surface area (TPSA) is 33.7 Å². The molecule has 3 rings (SSSR count). The van der Waals surface area contributed by atoms with Gasteiger partial charge in [0.2, 0.25) is 0 Å². The van der Waals surface area contributed by atoms with Gasteiger partial charge in [-0.05, 0) is 42.6 Å². The fraction of sp³-hybridized carbons (Fsp3) is 0.600. The highest BCUT2D eigenvalue weighted by Gasteiger charge is 2.35. The summed E-state index contributed by atoms with van der Waals surface area (Å²) in [4.78, 5) is 2.38. The van der Waals surface area contributed by atoms with E-state index in [1.165, 1.54) is 7.11 Å². The van der Waals surface area contributed by atoms with Crippen LogP contribution in [0.2, 0.25) is 0 Å². The number of nitrogens with one attached hydrogen (secondary N) is 1. The summed E-state index contributed by atoms with van der Waals surface area (Å²) in [5.74, 6) is 1.88. The van der Waals surface area contributed by atoms with E-state index in [0.29, 0.717) is 5.75 Å². The summed E-state index contributed by atoms with van der Waals surface area (Å²) < 4.78 is 34.4. The molecule has 0 saturated carbocycles. The van der Waals surface area contributed by atoms with Crippen LogP contribution < -0.4 is 14.8 Å². The van der Waals surface area contributed by atoms with Gasteiger partial charge in [-0.15, -0.1) is 12.4 Å². The van der Waals surface area contributed by atoms with Gasteiger partial charge < -0.3 is 14.8 Å². The maximum absolute atomic E-state index is 12.4. The van der Waals surface area contributed by atoms with Gasteiger partial charge in [0, 0.05) is 19.6 Å². The predicted molar refractivity (Wildman–Crippen MR) is 82.0 cm³/mol. The third-order valence-corrected chi connectivity index (χ3v) is 4.32. The zero-order valence-corrected chi connectivity index (χ0v) is 13.2. The van der Waals surface area contributed by atoms with E-state index >= 15 is 0 Å². The molecule has 1 aromatic carbocycles. The summed E-state index contributed by atoms with van der Waals surface area (Å²) in [5, 5.41) is 3.41. The number of fused-ring (bicyclic) bond motifs is 1. The molecule has 2 fully saturated rings. The van der Waals surface area contributed by atoms with Crippen molar-refractivity contribution in [3.8, 4) is 11.5 Å². The van der Waals surface area contributed by atoms with Crippen molar-refractivity contribution in [2.45, 2.75) is 13.2 Å². The fourth-order valence-corrected chi connectivity index (χ4v) is 3.35. The molecule has 0 radical (unpaired) electrons. The zero-order chi connectivity index (χ0) is 14.8. The maximum Gasteiger partial charge on any atom is 0.387 e. The van der Waals surface area contributed by atoms with Gasteiger partial charge in [0.05, 0.1) is 7.11 Å². The Morgan fingerprint density at radius 1 is 1.23 bits per heavy atom. The van der Waals surface area contributed by atoms with Crippen molar-refractivity contribution in [1.82, 2.24) is 10.2 Å². The van der Waals surface area contributed by atoms with Crippen LogP contribution in [0.25, 0.3) is 0 Å². The smallest absolute Gasteiger partial charge is 0.387 e. The van der Waals surface area contributed by atoms with Gasteiger partial charge in [-0.2, -0.15) is 8.78 Å². The van der Waals surface area contributed by atoms with Crippen LogP contribution in [-0.2, 0) is 6.54 Å². The maximum atomic E-state index is 12.4. The lowest BCUT2D eigenvalue weighted by molar-refractivity contribution is -0.0512. The summed E-state index contributed by atoms with van der Waals surface area (Å²) in [5.41, 5.74) is 0.972. The first kappa shape index (κ1) is 17.2. The predicted octanol–water partition coefficient (Wildman–Crippen LogP) is 2.37. The van der Waals surface area contributed by atoms with Gasteiger partial charge in [0.15, 0.2) is 11.5 Å². The second-order valence-corrected chi connectivity index (χ2v) is 5.74. The van der Waals surface area contributed by atoms with Crippen LogP contribution in [0.4, 0.5) is 8.78 Å². The highest BCUT2D eigenvalue weighted by Crippen LogP contribution is 2.32. The monoisotopic (exact) mass is 334 g/mol. The van der Waals surface area contributed by atoms with Crippen molar-refractivity contribution < 1.29 is 18.3 Å². The molecule has 1 N–H and O–H groups in total. The van der Waals surface area contributed by atoms with E-state index < -0.39 is 6.61 Å². The molecule has 2 aliphatic heterocycles. The lowest BCUT2D eigenvalue weighted by Crippen LogP contribution is -2.25. The Labute approximate surface area is 135 Å². The molecule has 2 aliphatic rings. The molecule has 124 valence electrons. The van der Waals surface area contributed by atoms with Crippen LogP contribution >= 0.6 is 12.4 Å². The van der Waals surface area contributed by atoms with E-state index in [2.05, 4.69) is 15.0 Å². The molecule has 0 amide bonds. The Morgan fingerprint density at radius 3 is 2.50 bits per heavy atom. The Hall–Kier alpha value is -1.11. The molecule has 7 heteroatoms. The van der Waals surface area contributed by atoms with E-state index in [-0.39, 0.29) is 18.2 Å². The second-order valence-electron chi connectivity index (χ2n) is 5.74. The van der Waals surface area contributed by atoms with E-state index in [0.717, 1.165) is 50.1 Å². The number of methoxy groups -OCH3 is 1. The summed E-state index contributed by atoms with van der Waals surface area (Å²) in [6.07, 6.45) is 0. The molecule has 0 aromatic heterocycles. The quantitative estimate of drug-likeness (QED) is 0.896. The molecule has 1 aromatic rings. The van der Waals surface area contributed by atoms with Crippen LogP contribution in [0.15, 0.2) is 18.2 Å². The molecular weight excluding hydrogens is 314 g/mol. The first-order valence-electron chi connectivity index (χ1n) is 7.20. The lowest BCUT2D eigenvalue weighted by Gasteiger charge is -2.18. The van der Waals surface area contributed by atoms with E-state index in [4.69, 9.17) is 4.74 Å². The molecule has 0 bridgehead atoms. The average molecular weight is 335 g/mol. The van der Waals surface area contributed by atoms with Crippen molar-refractivity contribution in [2.75, 3.05) is 33.3 Å². The highest BCUT2D eigenvalue weighted by atomic mass is 35.5. The Kier molecular flexibility index (Phi) is 5.83. The summed E-state index contributed by atoms with van der Waals surface area (Å²) in [6, 6.07) is 5.24. The number of alkyl halides is 2. The third-order valence-electron chi connectivity index (χ3n) is 4.32. The molecule has 0 spiro atoms. The molecule has 0 unspecified atom stereocenters. The molecule has 22 heavy (non-hydrogen) atoms. The van der Waals surface area contributed by atoms with Crippen molar-refractivity contribution >= 4 is 12.4 Å². The molecule has 4 nitrogen and oxygen atoms in total. The third kappa shape index (κ3) is 3.80. The number of nitrogens with zero attached hydrogens (tertiary/aromatic N) is 1. The van der Waals surface area contributed by atoms with Crippen molar-refractivity contribution in [1.29, 1.82) is 0 Å². The van der Waals surface area contributed by atoms with Crippen molar-refractivity contribution in [2.24, 2.45) is 11.8 Å². The van der Waals surface area contributed by atoms with Crippen molar-refractivity contribution in [3.05, 3.63) is 23.8 Å². The molecule has 0 aliphatic carbocycles. The van der Waals surface area contributed by atoms with Gasteiger partial charge in [-0.1, -0.05) is 6.07 Å². The van der Waals surface area contributed by atoms with Crippen molar-refractivity contribution in [3.63, 3.8) is 0 Å². The van der Waals surface area contributed by atoms with Crippen LogP contribution in [0.5, 0.6) is 11.5 Å². The second kappa shape index (κ2) is 7.44. The number of likely N-dealkylation sites (tertiary alicyclic amines) is 1. The van der Waals surface area contributed by atoms with E-state index in [1.807, 2.05) is 6.07 Å². The fourth-order valence-electron chi connectivity index (χ4n) is 3.35. The van der Waals surface area contributed by atoms with Gasteiger partial charge in [-0.25, -0.2) is 0 Å². The van der Waals surface area contributed by atoms with Crippen LogP contribution in [0, 0.1) is 11.8 Å². The number of hydrogen-bond acceptors (Lipinski definition) is 4. The van der Waals surface area contributed by atoms with Gasteiger partial charge in [-0.3, -0.25) is 4.90 Å². The Balaban J connectivity index is 0.00000176. The Morgan fingerprint density at radius 2 is 1.91 bits per heavy atom. The van der Waals surface area contributed by atoms with Crippen LogP contribution in [0.3, 0.4) is 0 Å². The van der Waals surface area contributed by atoms with Crippen LogP contribution in [-0.4, -0.2) is 44.8 Å². The standard InChI is InChI=1S/C15H20F2N2O2.ClH/c1-20-13-3-2-10(4-14(13)21-15(16)17)7-19-8-11-5-18-6-12(11)9-19;/h2-4,11-12,15,18H,5-9H2,1H3;1H/t11-,12+;. The van der Waals surface area contributed by atoms with Gasteiger partial charge >= 0.3 is 6.61 Å². The van der Waals surface area contributed by atoms with Crippen LogP contribution in [0.1, 0.15) is 5.56 Å². The summed E-state index contributed by atoms with van der Waals surface area (Å²) in [7, 11) is 1.45. The molecule has 2 atom stereocenters. The number of rotatable bonds is 5. The minimum atomic E-state index is -2.84. The molecule has 2 heterocycles. The first-order chi connectivity index (χ1) is 10.2. The number of halogens is 3. The molecular formula is C15H21ClF2N2O2. The van der Waals surface area contributed by atoms with E-state index in [1.54, 1.807) is 12.1 Å². The average Bonchev–Trinajstić information content (AvgIpc) is 2.99. The largest absolute Gasteiger partial charge is 0.493 e. The Bertz CT molecular complexity index is 492. The molecule has 2 saturated heterocycles. The minimum Gasteiger partial charge on any atom is -0.493 e. The summed E-state index contributed by atoms with van der Waals surface area (Å²) >= 11 is 0.